The van der Waals surface area contributed by atoms with E-state index in [1.165, 1.54) is 0 Å². The highest BCUT2D eigenvalue weighted by Crippen LogP contribution is 2.30. The van der Waals surface area contributed by atoms with Crippen molar-refractivity contribution in [3.8, 4) is 5.75 Å². The van der Waals surface area contributed by atoms with Crippen LogP contribution in [0.2, 0.25) is 0 Å². The van der Waals surface area contributed by atoms with Gasteiger partial charge in [-0.05, 0) is 38.8 Å². The minimum Gasteiger partial charge on any atom is -0.490 e. The Balaban J connectivity index is 1.97. The molecule has 1 aliphatic rings. The maximum Gasteiger partial charge on any atom is 0.270 e. The van der Waals surface area contributed by atoms with E-state index in [2.05, 4.69) is 10.3 Å². The van der Waals surface area contributed by atoms with E-state index in [1.54, 1.807) is 4.40 Å². The Hall–Kier alpha value is -2.08. The standard InChI is InChI=1S/C17H23N3O3/c1-3-23-13-7-6-10-20-14(12(2)18-15(13)20)16(22)19-17(11-21)8-4-5-9-17/h6-7,10,21H,3-5,8-9,11H2,1-2H3,(H,19,22). The number of nitrogens with zero attached hydrogens (tertiary/aromatic N) is 2. The molecule has 0 spiro atoms. The number of carbonyl (C=O) groups is 1. The molecule has 0 aromatic carbocycles. The Morgan fingerprint density at radius 3 is 2.87 bits per heavy atom. The number of hydrogen-bond acceptors (Lipinski definition) is 4. The third-order valence-electron chi connectivity index (χ3n) is 4.55. The number of amides is 1. The number of aliphatic hydroxyl groups excluding tert-OH is 1. The van der Waals surface area contributed by atoms with E-state index in [4.69, 9.17) is 4.74 Å². The highest BCUT2D eigenvalue weighted by Gasteiger charge is 2.36. The summed E-state index contributed by atoms with van der Waals surface area (Å²) in [4.78, 5) is 17.3. The maximum absolute atomic E-state index is 12.8. The largest absolute Gasteiger partial charge is 0.490 e. The molecule has 2 N–H and O–H groups in total. The second-order valence-corrected chi connectivity index (χ2v) is 6.14. The van der Waals surface area contributed by atoms with Crippen molar-refractivity contribution >= 4 is 11.6 Å². The number of rotatable bonds is 5. The molecule has 1 fully saturated rings. The van der Waals surface area contributed by atoms with Gasteiger partial charge in [-0.15, -0.1) is 0 Å². The molecule has 0 atom stereocenters. The first-order valence-electron chi connectivity index (χ1n) is 8.14. The van der Waals surface area contributed by atoms with Crippen LogP contribution < -0.4 is 10.1 Å². The van der Waals surface area contributed by atoms with Gasteiger partial charge in [0.15, 0.2) is 11.4 Å². The lowest BCUT2D eigenvalue weighted by atomic mass is 9.98. The van der Waals surface area contributed by atoms with Crippen LogP contribution in [-0.4, -0.2) is 39.2 Å². The average Bonchev–Trinajstić information content (AvgIpc) is 3.12. The molecule has 0 saturated heterocycles. The molecule has 0 radical (unpaired) electrons. The van der Waals surface area contributed by atoms with E-state index >= 15 is 0 Å². The summed E-state index contributed by atoms with van der Waals surface area (Å²) >= 11 is 0. The summed E-state index contributed by atoms with van der Waals surface area (Å²) in [5.41, 5.74) is 1.30. The number of ether oxygens (including phenoxy) is 1. The van der Waals surface area contributed by atoms with Gasteiger partial charge in [0.05, 0.1) is 24.4 Å². The number of pyridine rings is 1. The Morgan fingerprint density at radius 2 is 2.22 bits per heavy atom. The van der Waals surface area contributed by atoms with Crippen LogP contribution in [0.5, 0.6) is 5.75 Å². The quantitative estimate of drug-likeness (QED) is 0.885. The molecule has 124 valence electrons. The highest BCUT2D eigenvalue weighted by atomic mass is 16.5. The van der Waals surface area contributed by atoms with Gasteiger partial charge >= 0.3 is 0 Å². The van der Waals surface area contributed by atoms with E-state index in [0.29, 0.717) is 29.4 Å². The Kier molecular flexibility index (Phi) is 4.26. The van der Waals surface area contributed by atoms with Gasteiger partial charge in [0, 0.05) is 6.20 Å². The van der Waals surface area contributed by atoms with Gasteiger partial charge < -0.3 is 15.2 Å². The lowest BCUT2D eigenvalue weighted by Crippen LogP contribution is -2.49. The lowest BCUT2D eigenvalue weighted by Gasteiger charge is -2.27. The molecule has 1 aliphatic carbocycles. The number of fused-ring (bicyclic) bond motifs is 1. The molecule has 0 unspecified atom stereocenters. The third kappa shape index (κ3) is 2.79. The van der Waals surface area contributed by atoms with E-state index in [0.717, 1.165) is 25.7 Å². The number of aromatic nitrogens is 2. The first-order chi connectivity index (χ1) is 11.1. The summed E-state index contributed by atoms with van der Waals surface area (Å²) in [6.45, 7) is 4.25. The summed E-state index contributed by atoms with van der Waals surface area (Å²) in [7, 11) is 0. The minimum atomic E-state index is -0.495. The number of nitrogens with one attached hydrogen (secondary N) is 1. The summed E-state index contributed by atoms with van der Waals surface area (Å²) < 4.78 is 7.35. The van der Waals surface area contributed by atoms with Crippen LogP contribution >= 0.6 is 0 Å². The molecule has 2 heterocycles. The van der Waals surface area contributed by atoms with Crippen molar-refractivity contribution in [1.82, 2.24) is 14.7 Å². The summed E-state index contributed by atoms with van der Waals surface area (Å²) in [6.07, 6.45) is 5.50. The Morgan fingerprint density at radius 1 is 1.48 bits per heavy atom. The third-order valence-corrected chi connectivity index (χ3v) is 4.55. The molecule has 6 nitrogen and oxygen atoms in total. The molecule has 23 heavy (non-hydrogen) atoms. The topological polar surface area (TPSA) is 75.9 Å². The molecule has 6 heteroatoms. The monoisotopic (exact) mass is 317 g/mol. The fourth-order valence-corrected chi connectivity index (χ4v) is 3.37. The number of carbonyl (C=O) groups excluding carboxylic acids is 1. The SMILES string of the molecule is CCOc1cccn2c(C(=O)NC3(CO)CCCC3)c(C)nc12. The number of imidazole rings is 1. The second kappa shape index (κ2) is 6.20. The minimum absolute atomic E-state index is 0.0290. The zero-order valence-corrected chi connectivity index (χ0v) is 13.6. The molecule has 1 saturated carbocycles. The van der Waals surface area contributed by atoms with Crippen LogP contribution in [-0.2, 0) is 0 Å². The Bertz CT molecular complexity index is 717. The van der Waals surface area contributed by atoms with Gasteiger partial charge in [0.1, 0.15) is 5.69 Å². The van der Waals surface area contributed by atoms with Crippen LogP contribution in [0, 0.1) is 6.92 Å². The van der Waals surface area contributed by atoms with Crippen molar-refractivity contribution < 1.29 is 14.6 Å². The van der Waals surface area contributed by atoms with Crippen LogP contribution in [0.15, 0.2) is 18.3 Å². The van der Waals surface area contributed by atoms with Gasteiger partial charge in [-0.2, -0.15) is 0 Å². The zero-order chi connectivity index (χ0) is 16.4. The first-order valence-corrected chi connectivity index (χ1v) is 8.14. The van der Waals surface area contributed by atoms with E-state index in [9.17, 15) is 9.90 Å². The number of aliphatic hydroxyl groups is 1. The first kappa shape index (κ1) is 15.8. The fourth-order valence-electron chi connectivity index (χ4n) is 3.37. The van der Waals surface area contributed by atoms with E-state index in [1.807, 2.05) is 32.2 Å². The molecular formula is C17H23N3O3. The number of hydrogen-bond donors (Lipinski definition) is 2. The second-order valence-electron chi connectivity index (χ2n) is 6.14. The van der Waals surface area contributed by atoms with Crippen molar-refractivity contribution in [3.63, 3.8) is 0 Å². The molecular weight excluding hydrogens is 294 g/mol. The zero-order valence-electron chi connectivity index (χ0n) is 13.6. The maximum atomic E-state index is 12.8. The predicted octanol–water partition coefficient (Wildman–Crippen LogP) is 2.08. The molecule has 0 bridgehead atoms. The summed E-state index contributed by atoms with van der Waals surface area (Å²) in [5, 5.41) is 12.7. The molecule has 2 aromatic heterocycles. The van der Waals surface area contributed by atoms with E-state index < -0.39 is 5.54 Å². The van der Waals surface area contributed by atoms with Gasteiger partial charge in [0.2, 0.25) is 0 Å². The summed E-state index contributed by atoms with van der Waals surface area (Å²) in [6, 6.07) is 3.69. The smallest absolute Gasteiger partial charge is 0.270 e. The molecule has 1 amide bonds. The van der Waals surface area contributed by atoms with Crippen LogP contribution in [0.25, 0.3) is 5.65 Å². The van der Waals surface area contributed by atoms with Gasteiger partial charge in [-0.3, -0.25) is 9.20 Å². The molecule has 0 aliphatic heterocycles. The highest BCUT2D eigenvalue weighted by molar-refractivity contribution is 5.95. The van der Waals surface area contributed by atoms with Crippen LogP contribution in [0.3, 0.4) is 0 Å². The van der Waals surface area contributed by atoms with E-state index in [-0.39, 0.29) is 12.5 Å². The average molecular weight is 317 g/mol. The number of aryl methyl sites for hydroxylation is 1. The summed E-state index contributed by atoms with van der Waals surface area (Å²) in [5.74, 6) is 0.467. The molecule has 2 aromatic rings. The predicted molar refractivity (Wildman–Crippen MR) is 86.8 cm³/mol. The normalized spacial score (nSPS) is 16.7. The van der Waals surface area contributed by atoms with Crippen molar-refractivity contribution in [1.29, 1.82) is 0 Å². The van der Waals surface area contributed by atoms with Crippen molar-refractivity contribution in [2.45, 2.75) is 45.1 Å². The molecule has 3 rings (SSSR count). The van der Waals surface area contributed by atoms with Crippen LogP contribution in [0.4, 0.5) is 0 Å². The van der Waals surface area contributed by atoms with Crippen molar-refractivity contribution in [2.75, 3.05) is 13.2 Å². The van der Waals surface area contributed by atoms with Crippen molar-refractivity contribution in [3.05, 3.63) is 29.7 Å². The Labute approximate surface area is 135 Å². The lowest BCUT2D eigenvalue weighted by molar-refractivity contribution is 0.0832. The van der Waals surface area contributed by atoms with Crippen LogP contribution in [0.1, 0.15) is 48.8 Å². The van der Waals surface area contributed by atoms with Gasteiger partial charge in [-0.1, -0.05) is 12.8 Å². The van der Waals surface area contributed by atoms with Gasteiger partial charge in [0.25, 0.3) is 5.91 Å². The fraction of sp³-hybridized carbons (Fsp3) is 0.529. The van der Waals surface area contributed by atoms with Gasteiger partial charge in [-0.25, -0.2) is 4.98 Å². The van der Waals surface area contributed by atoms with Crippen molar-refractivity contribution in [2.24, 2.45) is 0 Å².